The summed E-state index contributed by atoms with van der Waals surface area (Å²) in [6.45, 7) is 8.76. The van der Waals surface area contributed by atoms with Crippen LogP contribution in [-0.2, 0) is 9.59 Å². The van der Waals surface area contributed by atoms with Gasteiger partial charge in [0.1, 0.15) is 5.75 Å². The van der Waals surface area contributed by atoms with E-state index in [4.69, 9.17) is 4.74 Å². The van der Waals surface area contributed by atoms with Crippen molar-refractivity contribution in [2.45, 2.75) is 16.7 Å². The SMILES string of the molecule is C=CC(=O)Sc1ccc(-c2ccc(C(=O)Oc3ccc(SC(=O)C(=C)C)cc3)cc2)cc1. The molecule has 0 aliphatic heterocycles. The first-order chi connectivity index (χ1) is 15.4. The van der Waals surface area contributed by atoms with Crippen molar-refractivity contribution in [1.82, 2.24) is 0 Å². The molecule has 0 spiro atoms. The molecular weight excluding hydrogens is 440 g/mol. The van der Waals surface area contributed by atoms with Crippen LogP contribution >= 0.6 is 23.5 Å². The highest BCUT2D eigenvalue weighted by atomic mass is 32.2. The van der Waals surface area contributed by atoms with Gasteiger partial charge in [-0.15, -0.1) is 0 Å². The van der Waals surface area contributed by atoms with E-state index in [0.717, 1.165) is 44.4 Å². The Balaban J connectivity index is 1.62. The van der Waals surface area contributed by atoms with Crippen molar-refractivity contribution in [2.75, 3.05) is 0 Å². The van der Waals surface area contributed by atoms with Gasteiger partial charge in [-0.05, 0) is 102 Å². The highest BCUT2D eigenvalue weighted by Gasteiger charge is 2.11. The minimum Gasteiger partial charge on any atom is -0.423 e. The van der Waals surface area contributed by atoms with Gasteiger partial charge >= 0.3 is 5.97 Å². The maximum absolute atomic E-state index is 12.5. The molecule has 3 aromatic rings. The van der Waals surface area contributed by atoms with Crippen molar-refractivity contribution in [1.29, 1.82) is 0 Å². The number of ether oxygens (including phenoxy) is 1. The van der Waals surface area contributed by atoms with Crippen LogP contribution < -0.4 is 4.74 Å². The number of hydrogen-bond donors (Lipinski definition) is 0. The summed E-state index contributed by atoms with van der Waals surface area (Å²) < 4.78 is 5.42. The second-order valence-corrected chi connectivity index (χ2v) is 8.88. The molecule has 0 radical (unpaired) electrons. The quantitative estimate of drug-likeness (QED) is 0.172. The molecule has 0 saturated carbocycles. The van der Waals surface area contributed by atoms with Crippen LogP contribution in [0.25, 0.3) is 11.1 Å². The molecule has 0 aromatic heterocycles. The molecule has 0 saturated heterocycles. The molecule has 32 heavy (non-hydrogen) atoms. The minimum atomic E-state index is -0.468. The zero-order chi connectivity index (χ0) is 23.1. The summed E-state index contributed by atoms with van der Waals surface area (Å²) in [5.41, 5.74) is 2.81. The van der Waals surface area contributed by atoms with E-state index >= 15 is 0 Å². The molecule has 0 amide bonds. The zero-order valence-corrected chi connectivity index (χ0v) is 19.0. The monoisotopic (exact) mass is 460 g/mol. The Morgan fingerprint density at radius 1 is 0.781 bits per heavy atom. The van der Waals surface area contributed by atoms with E-state index in [2.05, 4.69) is 13.2 Å². The van der Waals surface area contributed by atoms with Crippen LogP contribution in [0, 0.1) is 0 Å². The van der Waals surface area contributed by atoms with Crippen molar-refractivity contribution in [3.05, 3.63) is 103 Å². The third-order valence-electron chi connectivity index (χ3n) is 4.29. The molecule has 0 heterocycles. The summed E-state index contributed by atoms with van der Waals surface area (Å²) in [4.78, 5) is 37.2. The Morgan fingerprint density at radius 3 is 1.81 bits per heavy atom. The van der Waals surface area contributed by atoms with E-state index in [1.165, 1.54) is 6.08 Å². The summed E-state index contributed by atoms with van der Waals surface area (Å²) in [6.07, 6.45) is 1.29. The molecule has 0 fully saturated rings. The Labute approximate surface area is 195 Å². The van der Waals surface area contributed by atoms with Crippen LogP contribution in [0.15, 0.2) is 107 Å². The molecule has 6 heteroatoms. The standard InChI is InChI=1S/C26H20O4S2/c1-4-24(27)31-22-13-9-19(10-14-22)18-5-7-20(8-6-18)25(28)30-21-11-15-23(16-12-21)32-26(29)17(2)3/h4-16H,1-2H2,3H3. The van der Waals surface area contributed by atoms with Crippen LogP contribution in [0.5, 0.6) is 5.75 Å². The maximum Gasteiger partial charge on any atom is 0.343 e. The Bertz CT molecular complexity index is 1160. The summed E-state index contributed by atoms with van der Waals surface area (Å²) in [5, 5.41) is -0.206. The Morgan fingerprint density at radius 2 is 1.28 bits per heavy atom. The van der Waals surface area contributed by atoms with E-state index in [1.54, 1.807) is 43.3 Å². The van der Waals surface area contributed by atoms with Gasteiger partial charge in [-0.25, -0.2) is 4.79 Å². The smallest absolute Gasteiger partial charge is 0.343 e. The molecule has 0 bridgehead atoms. The van der Waals surface area contributed by atoms with Gasteiger partial charge in [-0.2, -0.15) is 0 Å². The molecule has 3 aromatic carbocycles. The van der Waals surface area contributed by atoms with Gasteiger partial charge < -0.3 is 4.74 Å². The molecule has 0 N–H and O–H groups in total. The van der Waals surface area contributed by atoms with Crippen LogP contribution in [0.2, 0.25) is 0 Å². The van der Waals surface area contributed by atoms with Crippen molar-refractivity contribution in [3.63, 3.8) is 0 Å². The van der Waals surface area contributed by atoms with Gasteiger partial charge in [0, 0.05) is 9.79 Å². The topological polar surface area (TPSA) is 60.4 Å². The average molecular weight is 461 g/mol. The second kappa shape index (κ2) is 10.8. The van der Waals surface area contributed by atoms with Crippen molar-refractivity contribution >= 4 is 39.7 Å². The fourth-order valence-electron chi connectivity index (χ4n) is 2.61. The van der Waals surface area contributed by atoms with Gasteiger partial charge in [0.15, 0.2) is 0 Å². The lowest BCUT2D eigenvalue weighted by molar-refractivity contribution is -0.108. The fraction of sp³-hybridized carbons (Fsp3) is 0.0385. The first-order valence-electron chi connectivity index (χ1n) is 9.60. The molecule has 0 unspecified atom stereocenters. The normalized spacial score (nSPS) is 10.3. The van der Waals surface area contributed by atoms with E-state index in [9.17, 15) is 14.4 Å². The third-order valence-corrected chi connectivity index (χ3v) is 6.20. The predicted octanol–water partition coefficient (Wildman–Crippen LogP) is 6.57. The lowest BCUT2D eigenvalue weighted by Crippen LogP contribution is -2.08. The molecule has 160 valence electrons. The number of hydrogen-bond acceptors (Lipinski definition) is 6. The van der Waals surface area contributed by atoms with E-state index in [1.807, 2.05) is 36.4 Å². The van der Waals surface area contributed by atoms with Crippen molar-refractivity contribution in [2.24, 2.45) is 0 Å². The summed E-state index contributed by atoms with van der Waals surface area (Å²) >= 11 is 2.20. The highest BCUT2D eigenvalue weighted by molar-refractivity contribution is 8.14. The van der Waals surface area contributed by atoms with Crippen LogP contribution in [-0.4, -0.2) is 16.2 Å². The number of esters is 1. The lowest BCUT2D eigenvalue weighted by Gasteiger charge is -2.07. The second-order valence-electron chi connectivity index (χ2n) is 6.76. The highest BCUT2D eigenvalue weighted by Crippen LogP contribution is 2.26. The van der Waals surface area contributed by atoms with Crippen molar-refractivity contribution < 1.29 is 19.1 Å². The molecule has 4 nitrogen and oxygen atoms in total. The molecule has 0 atom stereocenters. The van der Waals surface area contributed by atoms with E-state index in [-0.39, 0.29) is 10.2 Å². The Hall–Kier alpha value is -3.35. The van der Waals surface area contributed by atoms with Gasteiger partial charge in [0.2, 0.25) is 10.2 Å². The maximum atomic E-state index is 12.5. The molecule has 0 aliphatic carbocycles. The van der Waals surface area contributed by atoms with E-state index in [0.29, 0.717) is 16.9 Å². The Kier molecular flexibility index (Phi) is 7.87. The summed E-state index contributed by atoms with van der Waals surface area (Å²) in [6, 6.07) is 21.4. The van der Waals surface area contributed by atoms with Gasteiger partial charge in [0.25, 0.3) is 0 Å². The largest absolute Gasteiger partial charge is 0.423 e. The number of carbonyl (C=O) groups excluding carboxylic acids is 3. The summed E-state index contributed by atoms with van der Waals surface area (Å²) in [5.74, 6) is -0.0713. The average Bonchev–Trinajstić information content (AvgIpc) is 2.80. The lowest BCUT2D eigenvalue weighted by atomic mass is 10.0. The molecule has 0 aliphatic rings. The van der Waals surface area contributed by atoms with E-state index < -0.39 is 5.97 Å². The molecular formula is C26H20O4S2. The zero-order valence-electron chi connectivity index (χ0n) is 17.4. The number of rotatable bonds is 7. The summed E-state index contributed by atoms with van der Waals surface area (Å²) in [7, 11) is 0. The van der Waals surface area contributed by atoms with Crippen molar-refractivity contribution in [3.8, 4) is 16.9 Å². The van der Waals surface area contributed by atoms with Crippen LogP contribution in [0.3, 0.4) is 0 Å². The number of benzene rings is 3. The minimum absolute atomic E-state index is 0.102. The van der Waals surface area contributed by atoms with Gasteiger partial charge in [0.05, 0.1) is 5.56 Å². The van der Waals surface area contributed by atoms with Gasteiger partial charge in [-0.3, -0.25) is 9.59 Å². The first-order valence-corrected chi connectivity index (χ1v) is 11.2. The van der Waals surface area contributed by atoms with Crippen LogP contribution in [0.1, 0.15) is 17.3 Å². The first kappa shape index (κ1) is 23.3. The third kappa shape index (κ3) is 6.33. The predicted molar refractivity (Wildman–Crippen MR) is 130 cm³/mol. The fourth-order valence-corrected chi connectivity index (χ4v) is 3.86. The number of thioether (sulfide) groups is 2. The molecule has 3 rings (SSSR count). The number of carbonyl (C=O) groups is 3. The van der Waals surface area contributed by atoms with Crippen LogP contribution in [0.4, 0.5) is 0 Å². The van der Waals surface area contributed by atoms with Gasteiger partial charge in [-0.1, -0.05) is 37.4 Å².